The van der Waals surface area contributed by atoms with Crippen LogP contribution < -0.4 is 5.32 Å². The molecule has 0 aromatic heterocycles. The third-order valence-corrected chi connectivity index (χ3v) is 4.04. The summed E-state index contributed by atoms with van der Waals surface area (Å²) in [6, 6.07) is 5.90. The smallest absolute Gasteiger partial charge is 0.245 e. The lowest BCUT2D eigenvalue weighted by Gasteiger charge is -2.27. The molecule has 114 valence electrons. The van der Waals surface area contributed by atoms with Crippen molar-refractivity contribution in [3.8, 4) is 0 Å². The van der Waals surface area contributed by atoms with Gasteiger partial charge in [0, 0.05) is 25.1 Å². The maximum Gasteiger partial charge on any atom is 0.245 e. The Kier molecular flexibility index (Phi) is 4.94. The van der Waals surface area contributed by atoms with Gasteiger partial charge in [-0.05, 0) is 12.0 Å². The van der Waals surface area contributed by atoms with Crippen LogP contribution in [0.15, 0.2) is 24.3 Å². The molecule has 0 spiro atoms. The molecule has 1 fully saturated rings. The van der Waals surface area contributed by atoms with Gasteiger partial charge in [-0.1, -0.05) is 38.5 Å². The number of nitrogens with one attached hydrogen (secondary N) is 1. The Hall–Kier alpha value is -1.91. The number of rotatable bonds is 4. The monoisotopic (exact) mass is 292 g/mol. The molecule has 1 aliphatic rings. The van der Waals surface area contributed by atoms with Crippen molar-refractivity contribution in [2.75, 3.05) is 6.54 Å². The average molecular weight is 292 g/mol. The van der Waals surface area contributed by atoms with Crippen molar-refractivity contribution in [1.29, 1.82) is 0 Å². The van der Waals surface area contributed by atoms with E-state index < -0.39 is 6.04 Å². The normalized spacial score (nSPS) is 20.9. The zero-order valence-electron chi connectivity index (χ0n) is 12.4. The molecule has 0 radical (unpaired) electrons. The average Bonchev–Trinajstić information content (AvgIpc) is 2.62. The van der Waals surface area contributed by atoms with E-state index in [1.165, 1.54) is 6.07 Å². The van der Waals surface area contributed by atoms with Crippen molar-refractivity contribution < 1.29 is 14.0 Å². The van der Waals surface area contributed by atoms with Crippen LogP contribution in [0.1, 0.15) is 32.3 Å². The van der Waals surface area contributed by atoms with E-state index in [1.807, 2.05) is 13.8 Å². The van der Waals surface area contributed by atoms with Crippen LogP contribution in [0.25, 0.3) is 0 Å². The fraction of sp³-hybridized carbons (Fsp3) is 0.500. The summed E-state index contributed by atoms with van der Waals surface area (Å²) < 4.78 is 13.8. The van der Waals surface area contributed by atoms with E-state index in [4.69, 9.17) is 0 Å². The molecule has 2 amide bonds. The van der Waals surface area contributed by atoms with Gasteiger partial charge in [-0.15, -0.1) is 0 Å². The fourth-order valence-electron chi connectivity index (χ4n) is 2.46. The Morgan fingerprint density at radius 3 is 2.76 bits per heavy atom. The third-order valence-electron chi connectivity index (χ3n) is 4.04. The zero-order valence-corrected chi connectivity index (χ0v) is 12.4. The number of hydrogen-bond donors (Lipinski definition) is 1. The van der Waals surface area contributed by atoms with Gasteiger partial charge in [0.2, 0.25) is 11.8 Å². The van der Waals surface area contributed by atoms with Gasteiger partial charge in [0.15, 0.2) is 0 Å². The highest BCUT2D eigenvalue weighted by molar-refractivity contribution is 5.90. The molecule has 0 aliphatic carbocycles. The first-order chi connectivity index (χ1) is 10.0. The molecule has 0 bridgehead atoms. The summed E-state index contributed by atoms with van der Waals surface area (Å²) in [4.78, 5) is 25.9. The van der Waals surface area contributed by atoms with Crippen molar-refractivity contribution in [2.45, 2.75) is 39.3 Å². The molecule has 1 aliphatic heterocycles. The summed E-state index contributed by atoms with van der Waals surface area (Å²) in [6.07, 6.45) is 1.05. The summed E-state index contributed by atoms with van der Waals surface area (Å²) in [5, 5.41) is 2.79. The largest absolute Gasteiger partial charge is 0.344 e. The van der Waals surface area contributed by atoms with Crippen LogP contribution in [0.4, 0.5) is 4.39 Å². The number of amides is 2. The highest BCUT2D eigenvalue weighted by atomic mass is 19.1. The Balaban J connectivity index is 2.20. The Labute approximate surface area is 124 Å². The van der Waals surface area contributed by atoms with E-state index in [2.05, 4.69) is 5.32 Å². The molecular weight excluding hydrogens is 271 g/mol. The van der Waals surface area contributed by atoms with Crippen molar-refractivity contribution >= 4 is 11.8 Å². The highest BCUT2D eigenvalue weighted by Gasteiger charge is 2.33. The molecule has 2 atom stereocenters. The maximum atomic E-state index is 13.8. The predicted molar refractivity (Wildman–Crippen MR) is 77.8 cm³/mol. The summed E-state index contributed by atoms with van der Waals surface area (Å²) in [5.74, 6) is -0.514. The second kappa shape index (κ2) is 6.70. The lowest BCUT2D eigenvalue weighted by Crippen LogP contribution is -2.48. The highest BCUT2D eigenvalue weighted by Crippen LogP contribution is 2.17. The molecule has 1 aromatic rings. The van der Waals surface area contributed by atoms with Gasteiger partial charge >= 0.3 is 0 Å². The Bertz CT molecular complexity index is 533. The summed E-state index contributed by atoms with van der Waals surface area (Å²) in [6.45, 7) is 4.45. The number of carbonyl (C=O) groups is 2. The van der Waals surface area contributed by atoms with E-state index >= 15 is 0 Å². The molecule has 2 rings (SSSR count). The van der Waals surface area contributed by atoms with Crippen LogP contribution in [0.5, 0.6) is 0 Å². The lowest BCUT2D eigenvalue weighted by atomic mass is 9.98. The SMILES string of the molecule is CCC(C)C1NC(=O)CCN(Cc2ccccc2F)C1=O. The minimum Gasteiger partial charge on any atom is -0.344 e. The summed E-state index contributed by atoms with van der Waals surface area (Å²) in [7, 11) is 0. The zero-order chi connectivity index (χ0) is 15.4. The Morgan fingerprint density at radius 1 is 1.38 bits per heavy atom. The van der Waals surface area contributed by atoms with Crippen molar-refractivity contribution in [2.24, 2.45) is 5.92 Å². The first kappa shape index (κ1) is 15.5. The number of carbonyl (C=O) groups excluding carboxylic acids is 2. The number of hydrogen-bond acceptors (Lipinski definition) is 2. The van der Waals surface area contributed by atoms with Crippen molar-refractivity contribution in [3.05, 3.63) is 35.6 Å². The van der Waals surface area contributed by atoms with Gasteiger partial charge in [-0.25, -0.2) is 4.39 Å². The number of nitrogens with zero attached hydrogens (tertiary/aromatic N) is 1. The molecule has 21 heavy (non-hydrogen) atoms. The Morgan fingerprint density at radius 2 is 2.10 bits per heavy atom. The van der Waals surface area contributed by atoms with Crippen LogP contribution in [-0.4, -0.2) is 29.3 Å². The number of halogens is 1. The lowest BCUT2D eigenvalue weighted by molar-refractivity contribution is -0.135. The maximum absolute atomic E-state index is 13.8. The number of benzene rings is 1. The van der Waals surface area contributed by atoms with Crippen molar-refractivity contribution in [1.82, 2.24) is 10.2 Å². The van der Waals surface area contributed by atoms with E-state index in [9.17, 15) is 14.0 Å². The van der Waals surface area contributed by atoms with E-state index in [0.717, 1.165) is 6.42 Å². The van der Waals surface area contributed by atoms with Gasteiger partial charge in [0.25, 0.3) is 0 Å². The first-order valence-electron chi connectivity index (χ1n) is 7.34. The van der Waals surface area contributed by atoms with Gasteiger partial charge in [0.05, 0.1) is 0 Å². The third kappa shape index (κ3) is 3.60. The second-order valence-corrected chi connectivity index (χ2v) is 5.53. The van der Waals surface area contributed by atoms with Gasteiger partial charge < -0.3 is 10.2 Å². The van der Waals surface area contributed by atoms with Crippen molar-refractivity contribution in [3.63, 3.8) is 0 Å². The molecule has 1 N–H and O–H groups in total. The topological polar surface area (TPSA) is 49.4 Å². The van der Waals surface area contributed by atoms with Gasteiger partial charge in [0.1, 0.15) is 11.9 Å². The van der Waals surface area contributed by atoms with Crippen LogP contribution in [-0.2, 0) is 16.1 Å². The summed E-state index contributed by atoms with van der Waals surface area (Å²) >= 11 is 0. The quantitative estimate of drug-likeness (QED) is 0.924. The molecule has 1 saturated heterocycles. The molecular formula is C16H21FN2O2. The van der Waals surface area contributed by atoms with Crippen LogP contribution in [0, 0.1) is 11.7 Å². The van der Waals surface area contributed by atoms with Gasteiger partial charge in [-0.3, -0.25) is 9.59 Å². The molecule has 0 saturated carbocycles. The van der Waals surface area contributed by atoms with E-state index in [0.29, 0.717) is 12.1 Å². The minimum atomic E-state index is -0.517. The summed E-state index contributed by atoms with van der Waals surface area (Å²) in [5.41, 5.74) is 0.475. The molecule has 5 heteroatoms. The van der Waals surface area contributed by atoms with Crippen LogP contribution in [0.2, 0.25) is 0 Å². The predicted octanol–water partition coefficient (Wildman–Crippen LogP) is 2.09. The van der Waals surface area contributed by atoms with E-state index in [-0.39, 0.29) is 36.5 Å². The first-order valence-corrected chi connectivity index (χ1v) is 7.34. The molecule has 2 unspecified atom stereocenters. The van der Waals surface area contributed by atoms with E-state index in [1.54, 1.807) is 23.1 Å². The minimum absolute atomic E-state index is 0.0580. The molecule has 1 aromatic carbocycles. The standard InChI is InChI=1S/C16H21FN2O2/c1-3-11(2)15-16(21)19(9-8-14(20)18-15)10-12-6-4-5-7-13(12)17/h4-7,11,15H,3,8-10H2,1-2H3,(H,18,20). The second-order valence-electron chi connectivity index (χ2n) is 5.53. The molecule has 4 nitrogen and oxygen atoms in total. The van der Waals surface area contributed by atoms with Gasteiger partial charge in [-0.2, -0.15) is 0 Å². The van der Waals surface area contributed by atoms with Crippen LogP contribution in [0.3, 0.4) is 0 Å². The fourth-order valence-corrected chi connectivity index (χ4v) is 2.46. The molecule has 1 heterocycles. The van der Waals surface area contributed by atoms with Crippen LogP contribution >= 0.6 is 0 Å².